The molecular weight excluding hydrogens is 172 g/mol. The lowest BCUT2D eigenvalue weighted by molar-refractivity contribution is 0.252. The molecule has 2 heteroatoms. The number of hydrogen-bond donors (Lipinski definition) is 1. The van der Waals surface area contributed by atoms with E-state index in [2.05, 4.69) is 24.2 Å². The van der Waals surface area contributed by atoms with Gasteiger partial charge < -0.3 is 10.2 Å². The zero-order valence-corrected chi connectivity index (χ0v) is 9.63. The van der Waals surface area contributed by atoms with E-state index in [0.29, 0.717) is 0 Å². The van der Waals surface area contributed by atoms with Crippen molar-refractivity contribution < 1.29 is 0 Å². The van der Waals surface area contributed by atoms with Gasteiger partial charge >= 0.3 is 0 Å². The summed E-state index contributed by atoms with van der Waals surface area (Å²) in [7, 11) is 2.28. The minimum Gasteiger partial charge on any atom is -0.313 e. The Morgan fingerprint density at radius 3 is 2.64 bits per heavy atom. The molecule has 2 nitrogen and oxygen atoms in total. The predicted octanol–water partition coefficient (Wildman–Crippen LogP) is 1.72. The van der Waals surface area contributed by atoms with Crippen molar-refractivity contribution in [1.82, 2.24) is 10.2 Å². The van der Waals surface area contributed by atoms with Gasteiger partial charge in [0.05, 0.1) is 0 Å². The second kappa shape index (κ2) is 4.63. The number of nitrogens with zero attached hydrogens (tertiary/aromatic N) is 1. The number of hydrogen-bond acceptors (Lipinski definition) is 2. The zero-order valence-electron chi connectivity index (χ0n) is 9.63. The third kappa shape index (κ3) is 2.96. The van der Waals surface area contributed by atoms with Crippen LogP contribution in [0.2, 0.25) is 0 Å². The van der Waals surface area contributed by atoms with E-state index in [1.807, 2.05) is 0 Å². The Balaban J connectivity index is 1.63. The molecular formula is C12H24N2. The topological polar surface area (TPSA) is 15.3 Å². The maximum atomic E-state index is 3.61. The molecule has 3 atom stereocenters. The minimum atomic E-state index is 0.766. The maximum absolute atomic E-state index is 3.61. The average Bonchev–Trinajstić information content (AvgIpc) is 2.83. The summed E-state index contributed by atoms with van der Waals surface area (Å²) in [6.45, 7) is 6.18. The first kappa shape index (κ1) is 10.4. The van der Waals surface area contributed by atoms with E-state index in [-0.39, 0.29) is 0 Å². The van der Waals surface area contributed by atoms with Crippen molar-refractivity contribution in [2.24, 2.45) is 11.8 Å². The second-order valence-corrected chi connectivity index (χ2v) is 5.34. The van der Waals surface area contributed by atoms with Crippen LogP contribution in [0.1, 0.15) is 32.6 Å². The molecule has 1 heterocycles. The summed E-state index contributed by atoms with van der Waals surface area (Å²) in [6.07, 6.45) is 5.64. The van der Waals surface area contributed by atoms with Gasteiger partial charge in [0.15, 0.2) is 0 Å². The van der Waals surface area contributed by atoms with Gasteiger partial charge in [-0.3, -0.25) is 0 Å². The molecule has 2 aliphatic rings. The predicted molar refractivity (Wildman–Crippen MR) is 60.4 cm³/mol. The first-order valence-electron chi connectivity index (χ1n) is 6.17. The molecule has 1 saturated heterocycles. The van der Waals surface area contributed by atoms with Gasteiger partial charge in [-0.2, -0.15) is 0 Å². The lowest BCUT2D eigenvalue weighted by Gasteiger charge is -2.28. The molecule has 1 aliphatic carbocycles. The van der Waals surface area contributed by atoms with Crippen molar-refractivity contribution in [3.05, 3.63) is 0 Å². The molecule has 2 fully saturated rings. The summed E-state index contributed by atoms with van der Waals surface area (Å²) in [4.78, 5) is 2.52. The van der Waals surface area contributed by atoms with Crippen LogP contribution in [0.15, 0.2) is 0 Å². The van der Waals surface area contributed by atoms with Crippen LogP contribution < -0.4 is 5.32 Å². The summed E-state index contributed by atoms with van der Waals surface area (Å²) in [5.74, 6) is 2.00. The molecule has 0 aromatic carbocycles. The normalized spacial score (nSPS) is 37.5. The van der Waals surface area contributed by atoms with Crippen LogP contribution in [0, 0.1) is 11.8 Å². The Kier molecular flexibility index (Phi) is 3.45. The molecule has 0 bridgehead atoms. The highest BCUT2D eigenvalue weighted by atomic mass is 15.1. The molecule has 0 amide bonds. The molecule has 3 unspecified atom stereocenters. The molecule has 0 spiro atoms. The van der Waals surface area contributed by atoms with Crippen molar-refractivity contribution >= 4 is 0 Å². The molecule has 1 saturated carbocycles. The molecule has 1 N–H and O–H groups in total. The maximum Gasteiger partial charge on any atom is 0.0194 e. The molecule has 0 radical (unpaired) electrons. The highest BCUT2D eigenvalue weighted by molar-refractivity contribution is 4.85. The van der Waals surface area contributed by atoms with Gasteiger partial charge in [0.2, 0.25) is 0 Å². The first-order chi connectivity index (χ1) is 6.75. The van der Waals surface area contributed by atoms with Crippen molar-refractivity contribution in [3.63, 3.8) is 0 Å². The average molecular weight is 196 g/mol. The first-order valence-corrected chi connectivity index (χ1v) is 6.17. The van der Waals surface area contributed by atoms with Crippen molar-refractivity contribution in [3.8, 4) is 0 Å². The number of rotatable bonds is 4. The minimum absolute atomic E-state index is 0.766. The van der Waals surface area contributed by atoms with Gasteiger partial charge in [0.1, 0.15) is 0 Å². The van der Waals surface area contributed by atoms with Gasteiger partial charge in [-0.05, 0) is 44.7 Å². The van der Waals surface area contributed by atoms with Gasteiger partial charge in [0.25, 0.3) is 0 Å². The molecule has 2 rings (SSSR count). The quantitative estimate of drug-likeness (QED) is 0.736. The van der Waals surface area contributed by atoms with Gasteiger partial charge in [0, 0.05) is 19.1 Å². The lowest BCUT2D eigenvalue weighted by Crippen LogP contribution is -2.42. The van der Waals surface area contributed by atoms with E-state index < -0.39 is 0 Å². The number of nitrogens with one attached hydrogen (secondary N) is 1. The van der Waals surface area contributed by atoms with E-state index in [1.165, 1.54) is 45.3 Å². The van der Waals surface area contributed by atoms with Crippen LogP contribution in [0.4, 0.5) is 0 Å². The Labute approximate surface area is 88.1 Å². The SMILES string of the molecule is CC1CC1CN(C)CC1CCCCN1. The lowest BCUT2D eigenvalue weighted by atomic mass is 10.0. The Hall–Kier alpha value is -0.0800. The molecule has 1 aliphatic heterocycles. The fourth-order valence-corrected chi connectivity index (χ4v) is 2.58. The van der Waals surface area contributed by atoms with E-state index in [4.69, 9.17) is 0 Å². The van der Waals surface area contributed by atoms with E-state index >= 15 is 0 Å². The molecule has 0 aromatic heterocycles. The summed E-state index contributed by atoms with van der Waals surface area (Å²) >= 11 is 0. The molecule has 0 aromatic rings. The molecule has 14 heavy (non-hydrogen) atoms. The van der Waals surface area contributed by atoms with Crippen LogP contribution >= 0.6 is 0 Å². The second-order valence-electron chi connectivity index (χ2n) is 5.34. The number of piperidine rings is 1. The summed E-state index contributed by atoms with van der Waals surface area (Å²) in [5, 5.41) is 3.61. The third-order valence-electron chi connectivity index (χ3n) is 3.77. The van der Waals surface area contributed by atoms with Crippen LogP contribution in [0.3, 0.4) is 0 Å². The van der Waals surface area contributed by atoms with Gasteiger partial charge in [-0.25, -0.2) is 0 Å². The Bertz CT molecular complexity index is 175. The van der Waals surface area contributed by atoms with Crippen LogP contribution in [0.5, 0.6) is 0 Å². The van der Waals surface area contributed by atoms with Gasteiger partial charge in [-0.15, -0.1) is 0 Å². The third-order valence-corrected chi connectivity index (χ3v) is 3.77. The monoisotopic (exact) mass is 196 g/mol. The van der Waals surface area contributed by atoms with Crippen LogP contribution in [-0.2, 0) is 0 Å². The summed E-state index contributed by atoms with van der Waals surface area (Å²) < 4.78 is 0. The van der Waals surface area contributed by atoms with E-state index in [0.717, 1.165) is 17.9 Å². The molecule has 82 valence electrons. The number of likely N-dealkylation sites (N-methyl/N-ethyl adjacent to an activating group) is 1. The van der Waals surface area contributed by atoms with E-state index in [9.17, 15) is 0 Å². The standard InChI is InChI=1S/C12H24N2/c1-10-7-11(10)8-14(2)9-12-5-3-4-6-13-12/h10-13H,3-9H2,1-2H3. The van der Waals surface area contributed by atoms with Gasteiger partial charge in [-0.1, -0.05) is 13.3 Å². The highest BCUT2D eigenvalue weighted by Gasteiger charge is 2.33. The van der Waals surface area contributed by atoms with E-state index in [1.54, 1.807) is 0 Å². The van der Waals surface area contributed by atoms with Crippen molar-refractivity contribution in [2.45, 2.75) is 38.6 Å². The van der Waals surface area contributed by atoms with Crippen LogP contribution in [-0.4, -0.2) is 37.6 Å². The Morgan fingerprint density at radius 2 is 2.07 bits per heavy atom. The van der Waals surface area contributed by atoms with Crippen molar-refractivity contribution in [1.29, 1.82) is 0 Å². The largest absolute Gasteiger partial charge is 0.313 e. The summed E-state index contributed by atoms with van der Waals surface area (Å²) in [5.41, 5.74) is 0. The van der Waals surface area contributed by atoms with Crippen molar-refractivity contribution in [2.75, 3.05) is 26.7 Å². The highest BCUT2D eigenvalue weighted by Crippen LogP contribution is 2.37. The zero-order chi connectivity index (χ0) is 9.97. The summed E-state index contributed by atoms with van der Waals surface area (Å²) in [6, 6.07) is 0.766. The smallest absolute Gasteiger partial charge is 0.0194 e. The fourth-order valence-electron chi connectivity index (χ4n) is 2.58. The van der Waals surface area contributed by atoms with Crippen LogP contribution in [0.25, 0.3) is 0 Å². The fraction of sp³-hybridized carbons (Fsp3) is 1.00. The Morgan fingerprint density at radius 1 is 1.29 bits per heavy atom.